The van der Waals surface area contributed by atoms with Crippen molar-refractivity contribution in [1.82, 2.24) is 9.80 Å². The van der Waals surface area contributed by atoms with Crippen LogP contribution in [0.5, 0.6) is 0 Å². The zero-order valence-corrected chi connectivity index (χ0v) is 11.2. The quantitative estimate of drug-likeness (QED) is 0.581. The van der Waals surface area contributed by atoms with E-state index in [1.807, 2.05) is 0 Å². The molecule has 0 aromatic heterocycles. The van der Waals surface area contributed by atoms with Crippen molar-refractivity contribution >= 4 is 17.8 Å². The van der Waals surface area contributed by atoms with Crippen LogP contribution in [0.3, 0.4) is 0 Å². The van der Waals surface area contributed by atoms with Crippen LogP contribution in [-0.2, 0) is 16.1 Å². The van der Waals surface area contributed by atoms with Crippen LogP contribution in [0.2, 0.25) is 0 Å². The molecule has 0 aliphatic carbocycles. The summed E-state index contributed by atoms with van der Waals surface area (Å²) in [4.78, 5) is 37.2. The summed E-state index contributed by atoms with van der Waals surface area (Å²) in [5.74, 6) is -1.98. The fourth-order valence-corrected chi connectivity index (χ4v) is 2.07. The van der Waals surface area contributed by atoms with E-state index in [2.05, 4.69) is 0 Å². The molecule has 1 fully saturated rings. The van der Waals surface area contributed by atoms with Gasteiger partial charge in [0.15, 0.2) is 6.67 Å². The van der Waals surface area contributed by atoms with E-state index in [1.165, 1.54) is 19.2 Å². The summed E-state index contributed by atoms with van der Waals surface area (Å²) in [6, 6.07) is 5.48. The molecule has 1 saturated heterocycles. The van der Waals surface area contributed by atoms with Gasteiger partial charge in [0.1, 0.15) is 12.4 Å². The molecule has 4 amide bonds. The van der Waals surface area contributed by atoms with Gasteiger partial charge in [-0.25, -0.2) is 14.1 Å². The number of hydrogen-bond donors (Lipinski definition) is 1. The van der Waals surface area contributed by atoms with E-state index in [-0.39, 0.29) is 12.5 Å². The second-order valence-corrected chi connectivity index (χ2v) is 4.80. The lowest BCUT2D eigenvalue weighted by Gasteiger charge is -2.19. The number of quaternary nitrogens is 1. The lowest BCUT2D eigenvalue weighted by atomic mass is 10.2. The first-order valence-corrected chi connectivity index (χ1v) is 6.09. The van der Waals surface area contributed by atoms with E-state index in [9.17, 15) is 18.8 Å². The largest absolute Gasteiger partial charge is 0.338 e. The van der Waals surface area contributed by atoms with Gasteiger partial charge in [-0.1, -0.05) is 12.1 Å². The highest BCUT2D eigenvalue weighted by Gasteiger charge is 2.43. The number of benzene rings is 1. The Morgan fingerprint density at radius 3 is 2.45 bits per heavy atom. The summed E-state index contributed by atoms with van der Waals surface area (Å²) in [6.07, 6.45) is 0. The topological polar surface area (TPSA) is 62.1 Å². The van der Waals surface area contributed by atoms with Crippen molar-refractivity contribution < 1.29 is 23.7 Å². The number of carbonyl (C=O) groups excluding carboxylic acids is 3. The Bertz CT molecular complexity index is 576. The molecule has 0 radical (unpaired) electrons. The second-order valence-electron chi connectivity index (χ2n) is 4.80. The number of halogens is 1. The molecule has 1 aliphatic heterocycles. The minimum Gasteiger partial charge on any atom is -0.316 e. The maximum atomic E-state index is 13.1. The molecule has 1 heterocycles. The highest BCUT2D eigenvalue weighted by atomic mass is 19.1. The van der Waals surface area contributed by atoms with Gasteiger partial charge in [-0.05, 0) is 12.1 Å². The number of nitrogens with zero attached hydrogens (tertiary/aromatic N) is 2. The number of hydrogen-bond acceptors (Lipinski definition) is 3. The summed E-state index contributed by atoms with van der Waals surface area (Å²) in [6.45, 7) is 0.497. The normalized spacial score (nSPS) is 17.1. The van der Waals surface area contributed by atoms with E-state index < -0.39 is 17.8 Å². The van der Waals surface area contributed by atoms with E-state index in [1.54, 1.807) is 19.2 Å². The number of carbonyl (C=O) groups is 3. The van der Waals surface area contributed by atoms with E-state index in [0.717, 1.165) is 20.3 Å². The van der Waals surface area contributed by atoms with Gasteiger partial charge in [0, 0.05) is 12.6 Å². The molecule has 1 aromatic rings. The van der Waals surface area contributed by atoms with Crippen LogP contribution in [0.1, 0.15) is 5.56 Å². The summed E-state index contributed by atoms with van der Waals surface area (Å²) in [5, 5.41) is 0. The van der Waals surface area contributed by atoms with E-state index >= 15 is 0 Å². The number of urea groups is 1. The minimum atomic E-state index is -0.825. The molecule has 0 saturated carbocycles. The summed E-state index contributed by atoms with van der Waals surface area (Å²) < 4.78 is 13.1. The third-order valence-corrected chi connectivity index (χ3v) is 3.07. The molecular formula is C13H15FN3O3+. The smallest absolute Gasteiger partial charge is 0.316 e. The van der Waals surface area contributed by atoms with Gasteiger partial charge in [-0.15, -0.1) is 0 Å². The number of rotatable bonds is 4. The van der Waals surface area contributed by atoms with Gasteiger partial charge in [0.25, 0.3) is 0 Å². The van der Waals surface area contributed by atoms with Crippen molar-refractivity contribution in [3.8, 4) is 0 Å². The highest BCUT2D eigenvalue weighted by molar-refractivity contribution is 6.44. The van der Waals surface area contributed by atoms with Crippen LogP contribution in [-0.4, -0.2) is 48.4 Å². The van der Waals surface area contributed by atoms with Crippen molar-refractivity contribution in [3.05, 3.63) is 35.6 Å². The molecule has 20 heavy (non-hydrogen) atoms. The molecule has 0 spiro atoms. The Labute approximate surface area is 115 Å². The first-order valence-electron chi connectivity index (χ1n) is 6.09. The molecule has 1 atom stereocenters. The SMILES string of the molecule is CN1C(=O)C(=O)N(C[NH+](C)Cc2cccc(F)c2)C1=O. The van der Waals surface area contributed by atoms with Crippen molar-refractivity contribution in [3.63, 3.8) is 0 Å². The third kappa shape index (κ3) is 2.67. The highest BCUT2D eigenvalue weighted by Crippen LogP contribution is 2.07. The Hall–Kier alpha value is -2.28. The number of nitrogens with one attached hydrogen (secondary N) is 1. The molecule has 1 aromatic carbocycles. The fourth-order valence-electron chi connectivity index (χ4n) is 2.07. The van der Waals surface area contributed by atoms with Crippen LogP contribution in [0, 0.1) is 5.82 Å². The van der Waals surface area contributed by atoms with Gasteiger partial charge >= 0.3 is 17.8 Å². The first kappa shape index (κ1) is 14.1. The van der Waals surface area contributed by atoms with Gasteiger partial charge in [-0.2, -0.15) is 0 Å². The van der Waals surface area contributed by atoms with Crippen LogP contribution in [0.15, 0.2) is 24.3 Å². The van der Waals surface area contributed by atoms with Crippen molar-refractivity contribution in [2.24, 2.45) is 0 Å². The lowest BCUT2D eigenvalue weighted by molar-refractivity contribution is -0.901. The Morgan fingerprint density at radius 2 is 1.90 bits per heavy atom. The molecule has 7 heteroatoms. The summed E-state index contributed by atoms with van der Waals surface area (Å²) >= 11 is 0. The fraction of sp³-hybridized carbons (Fsp3) is 0.308. The number of amides is 4. The minimum absolute atomic E-state index is 0.0598. The molecule has 106 valence electrons. The van der Waals surface area contributed by atoms with Gasteiger partial charge in [0.05, 0.1) is 7.05 Å². The molecule has 2 rings (SSSR count). The van der Waals surface area contributed by atoms with Crippen molar-refractivity contribution in [1.29, 1.82) is 0 Å². The van der Waals surface area contributed by atoms with Crippen molar-refractivity contribution in [2.75, 3.05) is 20.8 Å². The molecule has 1 N–H and O–H groups in total. The van der Waals surface area contributed by atoms with Crippen LogP contribution < -0.4 is 4.90 Å². The van der Waals surface area contributed by atoms with Gasteiger partial charge < -0.3 is 4.90 Å². The lowest BCUT2D eigenvalue weighted by Crippen LogP contribution is -3.09. The predicted octanol–water partition coefficient (Wildman–Crippen LogP) is -0.781. The van der Waals surface area contributed by atoms with Crippen LogP contribution in [0.4, 0.5) is 9.18 Å². The average Bonchev–Trinajstić information content (AvgIpc) is 2.57. The Morgan fingerprint density at radius 1 is 1.20 bits per heavy atom. The second kappa shape index (κ2) is 5.38. The first-order chi connectivity index (χ1) is 9.40. The number of imide groups is 2. The zero-order valence-electron chi connectivity index (χ0n) is 11.2. The third-order valence-electron chi connectivity index (χ3n) is 3.07. The summed E-state index contributed by atoms with van der Waals surface area (Å²) in [7, 11) is 3.03. The van der Waals surface area contributed by atoms with E-state index in [4.69, 9.17) is 0 Å². The standard InChI is InChI=1S/C13H14FN3O3/c1-15(7-9-4-3-5-10(14)6-9)8-17-12(19)11(18)16(2)13(17)20/h3-6H,7-8H2,1-2H3/p+1. The molecule has 6 nitrogen and oxygen atoms in total. The van der Waals surface area contributed by atoms with Crippen molar-refractivity contribution in [2.45, 2.75) is 6.54 Å². The molecule has 1 unspecified atom stereocenters. The maximum Gasteiger partial charge on any atom is 0.338 e. The predicted molar refractivity (Wildman–Crippen MR) is 66.9 cm³/mol. The van der Waals surface area contributed by atoms with Gasteiger partial charge in [0.2, 0.25) is 0 Å². The van der Waals surface area contributed by atoms with Crippen LogP contribution >= 0.6 is 0 Å². The van der Waals surface area contributed by atoms with Gasteiger partial charge in [-0.3, -0.25) is 14.5 Å². The Balaban J connectivity index is 2.02. The monoisotopic (exact) mass is 280 g/mol. The average molecular weight is 280 g/mol. The van der Waals surface area contributed by atoms with Crippen LogP contribution in [0.25, 0.3) is 0 Å². The molecule has 0 bridgehead atoms. The van der Waals surface area contributed by atoms with E-state index in [0.29, 0.717) is 6.54 Å². The Kier molecular flexibility index (Phi) is 3.80. The molecule has 1 aliphatic rings. The number of likely N-dealkylation sites (N-methyl/N-ethyl adjacent to an activating group) is 1. The summed E-state index contributed by atoms with van der Waals surface area (Å²) in [5.41, 5.74) is 0.751. The zero-order chi connectivity index (χ0) is 14.9. The maximum absolute atomic E-state index is 13.1. The molecular weight excluding hydrogens is 265 g/mol.